The highest BCUT2D eigenvalue weighted by atomic mass is 32.2. The molecule has 1 aromatic heterocycles. The van der Waals surface area contributed by atoms with Crippen molar-refractivity contribution in [3.8, 4) is 5.75 Å². The van der Waals surface area contributed by atoms with Crippen molar-refractivity contribution in [3.63, 3.8) is 0 Å². The van der Waals surface area contributed by atoms with Crippen LogP contribution in [0.15, 0.2) is 59.6 Å². The van der Waals surface area contributed by atoms with Gasteiger partial charge in [0, 0.05) is 11.6 Å². The average molecular weight is 319 g/mol. The molecule has 22 heavy (non-hydrogen) atoms. The van der Waals surface area contributed by atoms with Crippen molar-refractivity contribution in [2.24, 2.45) is 0 Å². The van der Waals surface area contributed by atoms with E-state index in [-0.39, 0.29) is 4.90 Å². The number of hydrogen-bond acceptors (Lipinski definition) is 3. The zero-order chi connectivity index (χ0) is 15.7. The Labute approximate surface area is 127 Å². The summed E-state index contributed by atoms with van der Waals surface area (Å²) >= 11 is 0. The van der Waals surface area contributed by atoms with Crippen LogP contribution in [-0.4, -0.2) is 19.0 Å². The topological polar surface area (TPSA) is 48.3 Å². The third-order valence-electron chi connectivity index (χ3n) is 3.33. The minimum Gasteiger partial charge on any atom is -0.493 e. The summed E-state index contributed by atoms with van der Waals surface area (Å²) in [6, 6.07) is 12.1. The van der Waals surface area contributed by atoms with Crippen LogP contribution in [0.4, 0.5) is 4.39 Å². The second-order valence-corrected chi connectivity index (χ2v) is 6.45. The molecule has 114 valence electrons. The molecule has 0 saturated heterocycles. The number of aromatic nitrogens is 1. The van der Waals surface area contributed by atoms with Crippen LogP contribution in [0.3, 0.4) is 0 Å². The Morgan fingerprint density at radius 2 is 1.86 bits per heavy atom. The van der Waals surface area contributed by atoms with E-state index in [0.29, 0.717) is 23.3 Å². The first-order valence-corrected chi connectivity index (χ1v) is 8.22. The van der Waals surface area contributed by atoms with Crippen molar-refractivity contribution in [1.82, 2.24) is 3.97 Å². The molecule has 0 radical (unpaired) electrons. The molecule has 0 aliphatic carbocycles. The predicted octanol–water partition coefficient (Wildman–Crippen LogP) is 3.42. The lowest BCUT2D eigenvalue weighted by atomic mass is 10.2. The summed E-state index contributed by atoms with van der Waals surface area (Å²) in [7, 11) is -4.00. The van der Waals surface area contributed by atoms with Gasteiger partial charge in [0.15, 0.2) is 0 Å². The lowest BCUT2D eigenvalue weighted by molar-refractivity contribution is 0.344. The van der Waals surface area contributed by atoms with E-state index < -0.39 is 15.8 Å². The van der Waals surface area contributed by atoms with Crippen LogP contribution in [0, 0.1) is 5.82 Å². The van der Waals surface area contributed by atoms with Crippen LogP contribution < -0.4 is 4.74 Å². The highest BCUT2D eigenvalue weighted by Crippen LogP contribution is 2.29. The molecule has 0 spiro atoms. The summed E-state index contributed by atoms with van der Waals surface area (Å²) in [5, 5.41) is 0.671. The van der Waals surface area contributed by atoms with Gasteiger partial charge in [-0.15, -0.1) is 0 Å². The Hall–Kier alpha value is -2.34. The normalized spacial score (nSPS) is 11.7. The molecule has 6 heteroatoms. The maximum atomic E-state index is 13.9. The number of rotatable bonds is 4. The van der Waals surface area contributed by atoms with Crippen LogP contribution in [0.25, 0.3) is 10.9 Å². The quantitative estimate of drug-likeness (QED) is 0.740. The van der Waals surface area contributed by atoms with Gasteiger partial charge in [-0.2, -0.15) is 0 Å². The average Bonchev–Trinajstić information content (AvgIpc) is 2.93. The van der Waals surface area contributed by atoms with E-state index in [1.807, 2.05) is 6.92 Å². The molecule has 0 N–H and O–H groups in total. The highest BCUT2D eigenvalue weighted by molar-refractivity contribution is 7.90. The molecular formula is C16H14FNO3S. The molecule has 0 bridgehead atoms. The van der Waals surface area contributed by atoms with Crippen LogP contribution in [0.2, 0.25) is 0 Å². The molecule has 0 aliphatic heterocycles. The lowest BCUT2D eigenvalue weighted by Crippen LogP contribution is -2.13. The van der Waals surface area contributed by atoms with E-state index in [1.165, 1.54) is 24.4 Å². The van der Waals surface area contributed by atoms with Crippen LogP contribution >= 0.6 is 0 Å². The van der Waals surface area contributed by atoms with E-state index in [4.69, 9.17) is 4.74 Å². The molecule has 1 heterocycles. The molecule has 0 atom stereocenters. The Morgan fingerprint density at radius 1 is 1.09 bits per heavy atom. The monoisotopic (exact) mass is 319 g/mol. The number of hydrogen-bond donors (Lipinski definition) is 0. The van der Waals surface area contributed by atoms with Gasteiger partial charge in [0.2, 0.25) is 0 Å². The zero-order valence-corrected chi connectivity index (χ0v) is 12.7. The molecule has 0 saturated carbocycles. The van der Waals surface area contributed by atoms with E-state index in [0.717, 1.165) is 10.0 Å². The van der Waals surface area contributed by atoms with Gasteiger partial charge in [0.05, 0.1) is 12.1 Å². The largest absolute Gasteiger partial charge is 0.493 e. The number of halogens is 1. The minimum absolute atomic E-state index is 0.352. The number of fused-ring (bicyclic) bond motifs is 1. The van der Waals surface area contributed by atoms with E-state index >= 15 is 0 Å². The maximum absolute atomic E-state index is 13.9. The van der Waals surface area contributed by atoms with Crippen LogP contribution in [0.5, 0.6) is 5.75 Å². The van der Waals surface area contributed by atoms with Gasteiger partial charge in [-0.1, -0.05) is 18.2 Å². The van der Waals surface area contributed by atoms with E-state index in [9.17, 15) is 12.8 Å². The third kappa shape index (κ3) is 2.25. The lowest BCUT2D eigenvalue weighted by Gasteiger charge is -2.09. The summed E-state index contributed by atoms with van der Waals surface area (Å²) in [6.45, 7) is 2.33. The van der Waals surface area contributed by atoms with Crippen LogP contribution in [0.1, 0.15) is 6.92 Å². The van der Waals surface area contributed by atoms with Crippen molar-refractivity contribution < 1.29 is 17.5 Å². The molecule has 0 unspecified atom stereocenters. The van der Waals surface area contributed by atoms with Gasteiger partial charge in [0.1, 0.15) is 16.5 Å². The molecule has 0 fully saturated rings. The molecule has 3 aromatic rings. The summed E-state index contributed by atoms with van der Waals surface area (Å²) < 4.78 is 45.8. The maximum Gasteiger partial charge on any atom is 0.271 e. The molecule has 4 nitrogen and oxygen atoms in total. The number of nitrogens with zero attached hydrogens (tertiary/aromatic N) is 1. The van der Waals surface area contributed by atoms with Gasteiger partial charge >= 0.3 is 0 Å². The molecule has 0 amide bonds. The van der Waals surface area contributed by atoms with Crippen molar-refractivity contribution in [2.45, 2.75) is 11.8 Å². The summed E-state index contributed by atoms with van der Waals surface area (Å²) in [4.78, 5) is -0.352. The van der Waals surface area contributed by atoms with Gasteiger partial charge in [-0.25, -0.2) is 16.8 Å². The first-order valence-electron chi connectivity index (χ1n) is 6.78. The molecule has 0 aliphatic rings. The van der Waals surface area contributed by atoms with Crippen molar-refractivity contribution in [2.75, 3.05) is 6.61 Å². The first-order chi connectivity index (χ1) is 10.6. The van der Waals surface area contributed by atoms with Crippen LogP contribution in [-0.2, 0) is 10.0 Å². The molecular weight excluding hydrogens is 305 g/mol. The Bertz CT molecular complexity index is 931. The fraction of sp³-hybridized carbons (Fsp3) is 0.125. The third-order valence-corrected chi connectivity index (χ3v) is 5.05. The highest BCUT2D eigenvalue weighted by Gasteiger charge is 2.23. The fourth-order valence-corrected chi connectivity index (χ4v) is 3.78. The number of ether oxygens (including phenoxy) is 1. The zero-order valence-electron chi connectivity index (χ0n) is 11.9. The second-order valence-electron chi connectivity index (χ2n) is 4.67. The van der Waals surface area contributed by atoms with Crippen molar-refractivity contribution in [1.29, 1.82) is 0 Å². The molecule has 3 rings (SSSR count). The summed E-state index contributed by atoms with van der Waals surface area (Å²) in [6.07, 6.45) is 1.41. The minimum atomic E-state index is -4.00. The van der Waals surface area contributed by atoms with E-state index in [1.54, 1.807) is 24.3 Å². The summed E-state index contributed by atoms with van der Waals surface area (Å²) in [5.74, 6) is -0.173. The number of benzene rings is 2. The Balaban J connectivity index is 2.23. The smallest absolute Gasteiger partial charge is 0.271 e. The van der Waals surface area contributed by atoms with Gasteiger partial charge < -0.3 is 4.74 Å². The Morgan fingerprint density at radius 3 is 2.59 bits per heavy atom. The standard InChI is InChI=1S/C16H14FNO3S/c1-2-21-15-8-5-7-14-12(15)10-11-18(14)22(19,20)16-9-4-3-6-13(16)17/h3-11H,2H2,1H3. The van der Waals surface area contributed by atoms with Crippen molar-refractivity contribution in [3.05, 3.63) is 60.5 Å². The second kappa shape index (κ2) is 5.46. The SMILES string of the molecule is CCOc1cccc2c1ccn2S(=O)(=O)c1ccccc1F. The fourth-order valence-electron chi connectivity index (χ4n) is 2.37. The Kier molecular flexibility index (Phi) is 3.62. The molecule has 2 aromatic carbocycles. The summed E-state index contributed by atoms with van der Waals surface area (Å²) in [5.41, 5.74) is 0.453. The predicted molar refractivity (Wildman–Crippen MR) is 82.1 cm³/mol. The first kappa shape index (κ1) is 14.6. The van der Waals surface area contributed by atoms with Gasteiger partial charge in [-0.05, 0) is 37.3 Å². The van der Waals surface area contributed by atoms with Gasteiger partial charge in [-0.3, -0.25) is 0 Å². The van der Waals surface area contributed by atoms with E-state index in [2.05, 4.69) is 0 Å². The van der Waals surface area contributed by atoms with Gasteiger partial charge in [0.25, 0.3) is 10.0 Å². The van der Waals surface area contributed by atoms with Crippen molar-refractivity contribution >= 4 is 20.9 Å².